The van der Waals surface area contributed by atoms with Crippen molar-refractivity contribution in [2.45, 2.75) is 30.0 Å². The summed E-state index contributed by atoms with van der Waals surface area (Å²) in [6.45, 7) is 3.29. The Labute approximate surface area is 96.3 Å². The quantitative estimate of drug-likeness (QED) is 0.862. The molecule has 2 unspecified atom stereocenters. The highest BCUT2D eigenvalue weighted by Gasteiger charge is 2.26. The van der Waals surface area contributed by atoms with Crippen molar-refractivity contribution in [2.75, 3.05) is 7.11 Å². The summed E-state index contributed by atoms with van der Waals surface area (Å²) in [5, 5.41) is -0.611. The zero-order valence-electron chi connectivity index (χ0n) is 9.67. The average molecular weight is 243 g/mol. The highest BCUT2D eigenvalue weighted by Crippen LogP contribution is 2.21. The van der Waals surface area contributed by atoms with Crippen LogP contribution >= 0.6 is 0 Å². The Morgan fingerprint density at radius 3 is 2.44 bits per heavy atom. The van der Waals surface area contributed by atoms with E-state index in [9.17, 15) is 8.42 Å². The first-order valence-electron chi connectivity index (χ1n) is 5.03. The van der Waals surface area contributed by atoms with Crippen molar-refractivity contribution in [1.29, 1.82) is 0 Å². The SMILES string of the molecule is COc1cccc(S(=O)(=O)C(C)C(C)N)c1. The smallest absolute Gasteiger partial charge is 0.182 e. The molecule has 0 aliphatic heterocycles. The Balaban J connectivity index is 3.17. The monoisotopic (exact) mass is 243 g/mol. The van der Waals surface area contributed by atoms with Crippen LogP contribution in [0.5, 0.6) is 5.75 Å². The first-order valence-corrected chi connectivity index (χ1v) is 6.57. The number of sulfone groups is 1. The van der Waals surface area contributed by atoms with Gasteiger partial charge in [-0.25, -0.2) is 8.42 Å². The maximum Gasteiger partial charge on any atom is 0.182 e. The second-order valence-corrected chi connectivity index (χ2v) is 6.09. The van der Waals surface area contributed by atoms with Crippen LogP contribution in [0.1, 0.15) is 13.8 Å². The van der Waals surface area contributed by atoms with E-state index in [4.69, 9.17) is 10.5 Å². The van der Waals surface area contributed by atoms with Crippen molar-refractivity contribution in [2.24, 2.45) is 5.73 Å². The molecule has 0 bridgehead atoms. The summed E-state index contributed by atoms with van der Waals surface area (Å²) >= 11 is 0. The second kappa shape index (κ2) is 4.84. The highest BCUT2D eigenvalue weighted by atomic mass is 32.2. The Kier molecular flexibility index (Phi) is 3.93. The maximum absolute atomic E-state index is 12.1. The summed E-state index contributed by atoms with van der Waals surface area (Å²) in [6, 6.07) is 6.01. The lowest BCUT2D eigenvalue weighted by Crippen LogP contribution is -2.35. The third-order valence-corrected chi connectivity index (χ3v) is 4.92. The van der Waals surface area contributed by atoms with Gasteiger partial charge in [-0.15, -0.1) is 0 Å². The molecule has 0 saturated heterocycles. The molecule has 90 valence electrons. The minimum absolute atomic E-state index is 0.247. The van der Waals surface area contributed by atoms with E-state index < -0.39 is 21.1 Å². The number of methoxy groups -OCH3 is 1. The molecule has 0 amide bonds. The summed E-state index contributed by atoms with van der Waals surface area (Å²) in [6.07, 6.45) is 0. The van der Waals surface area contributed by atoms with Gasteiger partial charge in [0.2, 0.25) is 0 Å². The molecule has 0 aliphatic carbocycles. The van der Waals surface area contributed by atoms with Crippen LogP contribution < -0.4 is 10.5 Å². The van der Waals surface area contributed by atoms with Gasteiger partial charge in [-0.3, -0.25) is 0 Å². The van der Waals surface area contributed by atoms with E-state index in [-0.39, 0.29) is 4.90 Å². The molecule has 2 N–H and O–H groups in total. The van der Waals surface area contributed by atoms with Crippen LogP contribution in [0.4, 0.5) is 0 Å². The fraction of sp³-hybridized carbons (Fsp3) is 0.455. The standard InChI is InChI=1S/C11H17NO3S/c1-8(12)9(2)16(13,14)11-6-4-5-10(7-11)15-3/h4-9H,12H2,1-3H3. The molecule has 0 heterocycles. The van der Waals surface area contributed by atoms with Crippen molar-refractivity contribution in [3.63, 3.8) is 0 Å². The first-order chi connectivity index (χ1) is 7.39. The van der Waals surface area contributed by atoms with Crippen molar-refractivity contribution in [3.05, 3.63) is 24.3 Å². The van der Waals surface area contributed by atoms with Gasteiger partial charge in [-0.1, -0.05) is 6.07 Å². The van der Waals surface area contributed by atoms with Crippen LogP contribution in [0, 0.1) is 0 Å². The molecule has 0 aliphatic rings. The van der Waals surface area contributed by atoms with E-state index in [1.165, 1.54) is 13.2 Å². The number of hydrogen-bond donors (Lipinski definition) is 1. The lowest BCUT2D eigenvalue weighted by Gasteiger charge is -2.16. The van der Waals surface area contributed by atoms with Crippen molar-refractivity contribution >= 4 is 9.84 Å². The molecular weight excluding hydrogens is 226 g/mol. The van der Waals surface area contributed by atoms with E-state index in [0.717, 1.165) is 0 Å². The summed E-state index contributed by atoms with van der Waals surface area (Å²) < 4.78 is 29.2. The van der Waals surface area contributed by atoms with Crippen LogP contribution in [0.2, 0.25) is 0 Å². The van der Waals surface area contributed by atoms with E-state index in [1.54, 1.807) is 32.0 Å². The molecule has 5 heteroatoms. The van der Waals surface area contributed by atoms with Crippen molar-refractivity contribution in [3.8, 4) is 5.75 Å². The number of nitrogens with two attached hydrogens (primary N) is 1. The summed E-state index contributed by atoms with van der Waals surface area (Å²) in [7, 11) is -1.88. The van der Waals surface area contributed by atoms with Crippen LogP contribution in [0.3, 0.4) is 0 Å². The van der Waals surface area contributed by atoms with Crippen molar-refractivity contribution in [1.82, 2.24) is 0 Å². The van der Waals surface area contributed by atoms with Crippen LogP contribution in [0.15, 0.2) is 29.2 Å². The lowest BCUT2D eigenvalue weighted by atomic mass is 10.3. The molecule has 0 spiro atoms. The Morgan fingerprint density at radius 1 is 1.31 bits per heavy atom. The Hall–Kier alpha value is -1.07. The molecule has 1 aromatic rings. The van der Waals surface area contributed by atoms with Gasteiger partial charge in [-0.2, -0.15) is 0 Å². The number of benzene rings is 1. The van der Waals surface area contributed by atoms with E-state index >= 15 is 0 Å². The maximum atomic E-state index is 12.1. The number of rotatable bonds is 4. The van der Waals surface area contributed by atoms with E-state index in [2.05, 4.69) is 0 Å². The highest BCUT2D eigenvalue weighted by molar-refractivity contribution is 7.92. The normalized spacial score (nSPS) is 15.5. The predicted molar refractivity (Wildman–Crippen MR) is 63.3 cm³/mol. The number of ether oxygens (including phenoxy) is 1. The summed E-state index contributed by atoms with van der Waals surface area (Å²) in [4.78, 5) is 0.247. The minimum atomic E-state index is -3.38. The fourth-order valence-corrected chi connectivity index (χ4v) is 2.82. The lowest BCUT2D eigenvalue weighted by molar-refractivity contribution is 0.413. The van der Waals surface area contributed by atoms with Crippen LogP contribution in [-0.2, 0) is 9.84 Å². The molecule has 0 fully saturated rings. The van der Waals surface area contributed by atoms with Gasteiger partial charge < -0.3 is 10.5 Å². The molecule has 1 aromatic carbocycles. The minimum Gasteiger partial charge on any atom is -0.497 e. The van der Waals surface area contributed by atoms with Gasteiger partial charge in [0.05, 0.1) is 17.3 Å². The summed E-state index contributed by atoms with van der Waals surface area (Å²) in [5.41, 5.74) is 5.62. The predicted octanol–water partition coefficient (Wildman–Crippen LogP) is 1.20. The molecule has 0 radical (unpaired) electrons. The van der Waals surface area contributed by atoms with Gasteiger partial charge in [-0.05, 0) is 32.0 Å². The Morgan fingerprint density at radius 2 is 1.94 bits per heavy atom. The first kappa shape index (κ1) is 13.0. The molecular formula is C11H17NO3S. The second-order valence-electron chi connectivity index (χ2n) is 3.79. The third-order valence-electron chi connectivity index (χ3n) is 2.60. The van der Waals surface area contributed by atoms with Gasteiger partial charge in [0.25, 0.3) is 0 Å². The Bertz CT molecular complexity index is 454. The van der Waals surface area contributed by atoms with Gasteiger partial charge in [0.1, 0.15) is 5.75 Å². The van der Waals surface area contributed by atoms with Gasteiger partial charge >= 0.3 is 0 Å². The van der Waals surface area contributed by atoms with Crippen LogP contribution in [0.25, 0.3) is 0 Å². The average Bonchev–Trinajstić information content (AvgIpc) is 2.27. The van der Waals surface area contributed by atoms with Gasteiger partial charge in [0.15, 0.2) is 9.84 Å². The van der Waals surface area contributed by atoms with Crippen LogP contribution in [-0.4, -0.2) is 26.8 Å². The third kappa shape index (κ3) is 2.54. The molecule has 0 saturated carbocycles. The van der Waals surface area contributed by atoms with Gasteiger partial charge in [0, 0.05) is 6.04 Å². The van der Waals surface area contributed by atoms with E-state index in [1.807, 2.05) is 0 Å². The molecule has 4 nitrogen and oxygen atoms in total. The largest absolute Gasteiger partial charge is 0.497 e. The topological polar surface area (TPSA) is 69.4 Å². The molecule has 0 aromatic heterocycles. The molecule has 1 rings (SSSR count). The zero-order valence-corrected chi connectivity index (χ0v) is 10.5. The zero-order chi connectivity index (χ0) is 12.3. The molecule has 16 heavy (non-hydrogen) atoms. The summed E-state index contributed by atoms with van der Waals surface area (Å²) in [5.74, 6) is 0.526. The molecule has 2 atom stereocenters. The van der Waals surface area contributed by atoms with E-state index in [0.29, 0.717) is 5.75 Å². The van der Waals surface area contributed by atoms with Crippen molar-refractivity contribution < 1.29 is 13.2 Å². The number of hydrogen-bond acceptors (Lipinski definition) is 4. The fourth-order valence-electron chi connectivity index (χ4n) is 1.28.